The van der Waals surface area contributed by atoms with Gasteiger partial charge in [0.15, 0.2) is 0 Å². The Balaban J connectivity index is 3.21. The summed E-state index contributed by atoms with van der Waals surface area (Å²) in [4.78, 5) is 23.1. The fraction of sp³-hybridized carbons (Fsp3) is 0.917. The zero-order valence-corrected chi connectivity index (χ0v) is 20.5. The molecule has 0 unspecified atom stereocenters. The van der Waals surface area contributed by atoms with Crippen LogP contribution in [0, 0.1) is 11.8 Å². The molecule has 0 atom stereocenters. The molecule has 0 saturated carbocycles. The van der Waals surface area contributed by atoms with Crippen LogP contribution in [-0.4, -0.2) is 64.5 Å². The predicted molar refractivity (Wildman–Crippen MR) is 125 cm³/mol. The van der Waals surface area contributed by atoms with Gasteiger partial charge in [0.2, 0.25) is 11.8 Å². The fourth-order valence-corrected chi connectivity index (χ4v) is 2.89. The molecule has 0 aromatic heterocycles. The summed E-state index contributed by atoms with van der Waals surface area (Å²) in [7, 11) is 0. The smallest absolute Gasteiger partial charge is 0.222 e. The van der Waals surface area contributed by atoms with Gasteiger partial charge in [-0.05, 0) is 12.3 Å². The maximum atomic E-state index is 11.8. The first kappa shape index (κ1) is 29.8. The number of unbranched alkanes of at least 4 members (excludes halogenated alkanes) is 5. The summed E-state index contributed by atoms with van der Waals surface area (Å²) in [6, 6.07) is 0. The molecule has 0 rings (SSSR count). The van der Waals surface area contributed by atoms with Crippen LogP contribution in [0.15, 0.2) is 0 Å². The van der Waals surface area contributed by atoms with Crippen LogP contribution in [0.2, 0.25) is 0 Å². The third-order valence-corrected chi connectivity index (χ3v) is 4.82. The third-order valence-electron chi connectivity index (χ3n) is 4.82. The second-order valence-electron chi connectivity index (χ2n) is 8.69. The van der Waals surface area contributed by atoms with Crippen LogP contribution in [-0.2, 0) is 23.8 Å². The molecule has 0 aromatic carbocycles. The lowest BCUT2D eigenvalue weighted by Crippen LogP contribution is -2.31. The lowest BCUT2D eigenvalue weighted by atomic mass is 10.0. The summed E-state index contributed by atoms with van der Waals surface area (Å²) >= 11 is 0. The average Bonchev–Trinajstić information content (AvgIpc) is 2.72. The minimum absolute atomic E-state index is 0.00391. The Morgan fingerprint density at radius 1 is 0.645 bits per heavy atom. The van der Waals surface area contributed by atoms with Gasteiger partial charge in [0.25, 0.3) is 0 Å². The van der Waals surface area contributed by atoms with E-state index in [0.717, 1.165) is 18.8 Å². The van der Waals surface area contributed by atoms with Gasteiger partial charge in [-0.3, -0.25) is 9.59 Å². The minimum Gasteiger partial charge on any atom is -0.377 e. The van der Waals surface area contributed by atoms with Gasteiger partial charge in [-0.1, -0.05) is 66.2 Å². The Kier molecular flexibility index (Phi) is 21.2. The fourth-order valence-electron chi connectivity index (χ4n) is 2.89. The number of nitrogens with one attached hydrogen (secondary N) is 2. The van der Waals surface area contributed by atoms with E-state index < -0.39 is 0 Å². The number of rotatable bonds is 22. The van der Waals surface area contributed by atoms with Gasteiger partial charge in [0.1, 0.15) is 0 Å². The lowest BCUT2D eigenvalue weighted by Gasteiger charge is -2.09. The van der Waals surface area contributed by atoms with Gasteiger partial charge in [0, 0.05) is 25.4 Å². The Labute approximate surface area is 190 Å². The molecule has 7 nitrogen and oxygen atoms in total. The van der Waals surface area contributed by atoms with Crippen LogP contribution in [0.1, 0.15) is 79.1 Å². The SMILES string of the molecule is CC(C)CCCCCCCCC(=O)NCCOCCOCCOCCNC(=O)C(C)C. The minimum atomic E-state index is -0.00391. The first-order valence-electron chi connectivity index (χ1n) is 12.2. The van der Waals surface area contributed by atoms with Crippen LogP contribution >= 0.6 is 0 Å². The van der Waals surface area contributed by atoms with E-state index in [1.165, 1.54) is 32.1 Å². The van der Waals surface area contributed by atoms with E-state index in [1.807, 2.05) is 13.8 Å². The van der Waals surface area contributed by atoms with Gasteiger partial charge < -0.3 is 24.8 Å². The molecule has 0 radical (unpaired) electrons. The molecule has 0 heterocycles. The molecular weight excluding hydrogens is 396 g/mol. The zero-order valence-electron chi connectivity index (χ0n) is 20.5. The maximum Gasteiger partial charge on any atom is 0.222 e. The monoisotopic (exact) mass is 444 g/mol. The summed E-state index contributed by atoms with van der Waals surface area (Å²) in [6.07, 6.45) is 9.20. The zero-order chi connectivity index (χ0) is 23.2. The van der Waals surface area contributed by atoms with E-state index in [0.29, 0.717) is 59.2 Å². The normalized spacial score (nSPS) is 11.3. The number of amides is 2. The number of ether oxygens (including phenoxy) is 3. The highest BCUT2D eigenvalue weighted by Crippen LogP contribution is 2.11. The summed E-state index contributed by atoms with van der Waals surface area (Å²) in [5.41, 5.74) is 0. The molecule has 184 valence electrons. The molecule has 0 aromatic rings. The molecule has 31 heavy (non-hydrogen) atoms. The van der Waals surface area contributed by atoms with Crippen molar-refractivity contribution in [3.63, 3.8) is 0 Å². The van der Waals surface area contributed by atoms with Crippen molar-refractivity contribution < 1.29 is 23.8 Å². The third kappa shape index (κ3) is 23.3. The standard InChI is InChI=1S/C24H48N2O5/c1-21(2)11-9-7-5-6-8-10-12-23(27)25-13-15-29-17-19-31-20-18-30-16-14-26-24(28)22(3)4/h21-22H,5-20H2,1-4H3,(H,25,27)(H,26,28). The van der Waals surface area contributed by atoms with Crippen molar-refractivity contribution in [2.45, 2.75) is 79.1 Å². The second-order valence-corrected chi connectivity index (χ2v) is 8.69. The molecule has 0 bridgehead atoms. The highest BCUT2D eigenvalue weighted by molar-refractivity contribution is 5.77. The Morgan fingerprint density at radius 3 is 1.68 bits per heavy atom. The molecule has 0 saturated heterocycles. The molecule has 2 N–H and O–H groups in total. The molecule has 0 aliphatic heterocycles. The lowest BCUT2D eigenvalue weighted by molar-refractivity contribution is -0.124. The summed E-state index contributed by atoms with van der Waals surface area (Å²) < 4.78 is 16.2. The van der Waals surface area contributed by atoms with E-state index in [1.54, 1.807) is 0 Å². The van der Waals surface area contributed by atoms with Crippen molar-refractivity contribution in [3.05, 3.63) is 0 Å². The molecular formula is C24H48N2O5. The van der Waals surface area contributed by atoms with Gasteiger partial charge in [-0.2, -0.15) is 0 Å². The summed E-state index contributed by atoms with van der Waals surface area (Å²) in [5.74, 6) is 0.954. The van der Waals surface area contributed by atoms with Crippen LogP contribution in [0.3, 0.4) is 0 Å². The van der Waals surface area contributed by atoms with Crippen molar-refractivity contribution in [3.8, 4) is 0 Å². The van der Waals surface area contributed by atoms with Crippen molar-refractivity contribution >= 4 is 11.8 Å². The van der Waals surface area contributed by atoms with Crippen LogP contribution in [0.4, 0.5) is 0 Å². The summed E-state index contributed by atoms with van der Waals surface area (Å²) in [5, 5.41) is 5.69. The topological polar surface area (TPSA) is 85.9 Å². The number of carbonyl (C=O) groups is 2. The van der Waals surface area contributed by atoms with E-state index >= 15 is 0 Å². The van der Waals surface area contributed by atoms with Crippen LogP contribution in [0.25, 0.3) is 0 Å². The quantitative estimate of drug-likeness (QED) is 0.249. The highest BCUT2D eigenvalue weighted by atomic mass is 16.5. The van der Waals surface area contributed by atoms with Crippen molar-refractivity contribution in [1.29, 1.82) is 0 Å². The van der Waals surface area contributed by atoms with E-state index in [-0.39, 0.29) is 17.7 Å². The van der Waals surface area contributed by atoms with Crippen LogP contribution < -0.4 is 10.6 Å². The Hall–Kier alpha value is -1.18. The van der Waals surface area contributed by atoms with E-state index in [2.05, 4.69) is 24.5 Å². The number of hydrogen-bond donors (Lipinski definition) is 2. The molecule has 7 heteroatoms. The predicted octanol–water partition coefficient (Wildman–Crippen LogP) is 3.70. The van der Waals surface area contributed by atoms with Crippen molar-refractivity contribution in [1.82, 2.24) is 10.6 Å². The number of carbonyl (C=O) groups excluding carboxylic acids is 2. The first-order valence-corrected chi connectivity index (χ1v) is 12.2. The molecule has 0 spiro atoms. The average molecular weight is 445 g/mol. The van der Waals surface area contributed by atoms with Gasteiger partial charge in [0.05, 0.1) is 39.6 Å². The maximum absolute atomic E-state index is 11.8. The Morgan fingerprint density at radius 2 is 1.13 bits per heavy atom. The molecule has 0 aliphatic carbocycles. The van der Waals surface area contributed by atoms with Gasteiger partial charge >= 0.3 is 0 Å². The van der Waals surface area contributed by atoms with E-state index in [9.17, 15) is 9.59 Å². The highest BCUT2D eigenvalue weighted by Gasteiger charge is 2.04. The summed E-state index contributed by atoms with van der Waals surface area (Å²) in [6.45, 7) is 12.3. The number of hydrogen-bond acceptors (Lipinski definition) is 5. The Bertz CT molecular complexity index is 430. The molecule has 0 fully saturated rings. The van der Waals surface area contributed by atoms with Crippen molar-refractivity contribution in [2.24, 2.45) is 11.8 Å². The van der Waals surface area contributed by atoms with Crippen LogP contribution in [0.5, 0.6) is 0 Å². The molecule has 0 aliphatic rings. The van der Waals surface area contributed by atoms with Crippen molar-refractivity contribution in [2.75, 3.05) is 52.7 Å². The largest absolute Gasteiger partial charge is 0.377 e. The van der Waals surface area contributed by atoms with Gasteiger partial charge in [-0.15, -0.1) is 0 Å². The first-order chi connectivity index (χ1) is 14.9. The molecule has 2 amide bonds. The second kappa shape index (κ2) is 22.0. The van der Waals surface area contributed by atoms with E-state index in [4.69, 9.17) is 14.2 Å². The van der Waals surface area contributed by atoms with Gasteiger partial charge in [-0.25, -0.2) is 0 Å².